The number of nitro benzene ring substituents is 1. The van der Waals surface area contributed by atoms with Gasteiger partial charge in [0.25, 0.3) is 11.6 Å². The zero-order valence-electron chi connectivity index (χ0n) is 15.7. The van der Waals surface area contributed by atoms with Crippen molar-refractivity contribution in [2.75, 3.05) is 7.11 Å². The number of esters is 1. The van der Waals surface area contributed by atoms with Crippen molar-refractivity contribution in [2.45, 2.75) is 26.8 Å². The van der Waals surface area contributed by atoms with Gasteiger partial charge in [0.15, 0.2) is 0 Å². The number of nitrogens with one attached hydrogen (secondary N) is 1. The summed E-state index contributed by atoms with van der Waals surface area (Å²) in [5.41, 5.74) is 0.230. The van der Waals surface area contributed by atoms with Crippen molar-refractivity contribution < 1.29 is 19.2 Å². The molecule has 0 aliphatic carbocycles. The second-order valence-electron chi connectivity index (χ2n) is 7.20. The van der Waals surface area contributed by atoms with E-state index < -0.39 is 16.8 Å². The van der Waals surface area contributed by atoms with Crippen LogP contribution in [0.4, 0.5) is 5.69 Å². The van der Waals surface area contributed by atoms with Gasteiger partial charge >= 0.3 is 5.97 Å². The minimum atomic E-state index is -0.747. The van der Waals surface area contributed by atoms with Gasteiger partial charge < -0.3 is 10.1 Å². The number of methoxy groups -OCH3 is 1. The minimum Gasteiger partial charge on any atom is -0.465 e. The number of nitro groups is 1. The lowest BCUT2D eigenvalue weighted by Gasteiger charge is -2.32. The van der Waals surface area contributed by atoms with Crippen LogP contribution in [-0.4, -0.2) is 23.9 Å². The molecule has 1 unspecified atom stereocenters. The predicted octanol–water partition coefficient (Wildman–Crippen LogP) is 3.90. The molecule has 0 aliphatic heterocycles. The third kappa shape index (κ3) is 4.91. The molecule has 142 valence electrons. The lowest BCUT2D eigenvalue weighted by Crippen LogP contribution is -2.36. The molecule has 1 atom stereocenters. The summed E-state index contributed by atoms with van der Waals surface area (Å²) >= 11 is 0. The highest BCUT2D eigenvalue weighted by Gasteiger charge is 2.29. The second kappa shape index (κ2) is 7.99. The molecule has 27 heavy (non-hydrogen) atoms. The number of benzene rings is 2. The fraction of sp³-hybridized carbons (Fsp3) is 0.300. The number of carbonyl (C=O) groups is 2. The Labute approximate surface area is 157 Å². The van der Waals surface area contributed by atoms with Crippen molar-refractivity contribution in [3.05, 3.63) is 75.3 Å². The third-order valence-electron chi connectivity index (χ3n) is 4.09. The predicted molar refractivity (Wildman–Crippen MR) is 101 cm³/mol. The molecule has 0 saturated heterocycles. The molecule has 0 aromatic heterocycles. The first-order valence-electron chi connectivity index (χ1n) is 8.37. The molecule has 1 amide bonds. The van der Waals surface area contributed by atoms with E-state index in [1.807, 2.05) is 51.1 Å². The van der Waals surface area contributed by atoms with Gasteiger partial charge in [0, 0.05) is 17.7 Å². The molecule has 0 heterocycles. The Balaban J connectivity index is 2.42. The first-order chi connectivity index (χ1) is 12.6. The number of nitrogens with zero attached hydrogens (tertiary/aromatic N) is 1. The highest BCUT2D eigenvalue weighted by atomic mass is 16.6. The minimum absolute atomic E-state index is 0.0229. The smallest absolute Gasteiger partial charge is 0.338 e. The zero-order chi connectivity index (χ0) is 20.2. The molecule has 0 fully saturated rings. The highest BCUT2D eigenvalue weighted by Crippen LogP contribution is 2.33. The number of hydrogen-bond acceptors (Lipinski definition) is 5. The molecule has 2 aromatic rings. The van der Waals surface area contributed by atoms with Crippen molar-refractivity contribution in [3.63, 3.8) is 0 Å². The Morgan fingerprint density at radius 1 is 1.07 bits per heavy atom. The Kier molecular flexibility index (Phi) is 5.95. The van der Waals surface area contributed by atoms with Crippen LogP contribution in [0.2, 0.25) is 0 Å². The van der Waals surface area contributed by atoms with Crippen LogP contribution in [0.1, 0.15) is 53.1 Å². The Morgan fingerprint density at radius 3 is 2.19 bits per heavy atom. The maximum absolute atomic E-state index is 12.8. The molecule has 2 aromatic carbocycles. The molecule has 1 N–H and O–H groups in total. The van der Waals surface area contributed by atoms with Crippen LogP contribution in [0, 0.1) is 15.5 Å². The number of rotatable bonds is 5. The molecule has 0 aliphatic rings. The maximum Gasteiger partial charge on any atom is 0.338 e. The van der Waals surface area contributed by atoms with E-state index in [0.717, 1.165) is 17.7 Å². The SMILES string of the molecule is COC(=O)c1cc(C(=O)NC(c2ccccc2)C(C)(C)C)cc([N+](=O)[O-])c1. The van der Waals surface area contributed by atoms with Gasteiger partial charge in [-0.2, -0.15) is 0 Å². The lowest BCUT2D eigenvalue weighted by atomic mass is 9.82. The first-order valence-corrected chi connectivity index (χ1v) is 8.37. The van der Waals surface area contributed by atoms with Crippen molar-refractivity contribution in [3.8, 4) is 0 Å². The molecule has 7 nitrogen and oxygen atoms in total. The number of amides is 1. The van der Waals surface area contributed by atoms with E-state index in [1.165, 1.54) is 13.2 Å². The van der Waals surface area contributed by atoms with Crippen LogP contribution >= 0.6 is 0 Å². The Hall–Kier alpha value is -3.22. The van der Waals surface area contributed by atoms with Crippen LogP contribution in [0.15, 0.2) is 48.5 Å². The summed E-state index contributed by atoms with van der Waals surface area (Å²) in [6, 6.07) is 12.6. The Morgan fingerprint density at radius 2 is 1.67 bits per heavy atom. The summed E-state index contributed by atoms with van der Waals surface area (Å²) < 4.78 is 4.62. The van der Waals surface area contributed by atoms with Gasteiger partial charge in [-0.05, 0) is 17.0 Å². The normalized spacial score (nSPS) is 12.1. The van der Waals surface area contributed by atoms with E-state index in [2.05, 4.69) is 10.1 Å². The van der Waals surface area contributed by atoms with Crippen LogP contribution in [0.25, 0.3) is 0 Å². The van der Waals surface area contributed by atoms with Gasteiger partial charge in [0.2, 0.25) is 0 Å². The van der Waals surface area contributed by atoms with Gasteiger partial charge in [-0.15, -0.1) is 0 Å². The van der Waals surface area contributed by atoms with Crippen LogP contribution < -0.4 is 5.32 Å². The quantitative estimate of drug-likeness (QED) is 0.489. The number of hydrogen-bond donors (Lipinski definition) is 1. The van der Waals surface area contributed by atoms with Crippen LogP contribution in [0.3, 0.4) is 0 Å². The molecule has 0 radical (unpaired) electrons. The Bertz CT molecular complexity index is 856. The summed E-state index contributed by atoms with van der Waals surface area (Å²) in [5, 5.41) is 14.1. The molecule has 0 bridgehead atoms. The van der Waals surface area contributed by atoms with Gasteiger partial charge in [-0.3, -0.25) is 14.9 Å². The largest absolute Gasteiger partial charge is 0.465 e. The summed E-state index contributed by atoms with van der Waals surface area (Å²) in [6.45, 7) is 5.95. The fourth-order valence-electron chi connectivity index (χ4n) is 2.74. The summed E-state index contributed by atoms with van der Waals surface area (Å²) in [6.07, 6.45) is 0. The second-order valence-corrected chi connectivity index (χ2v) is 7.20. The average molecular weight is 370 g/mol. The monoisotopic (exact) mass is 370 g/mol. The maximum atomic E-state index is 12.8. The topological polar surface area (TPSA) is 98.5 Å². The van der Waals surface area contributed by atoms with Crippen LogP contribution in [0.5, 0.6) is 0 Å². The molecule has 2 rings (SSSR count). The molecule has 0 saturated carbocycles. The van der Waals surface area contributed by atoms with Crippen molar-refractivity contribution >= 4 is 17.6 Å². The van der Waals surface area contributed by atoms with Crippen LogP contribution in [-0.2, 0) is 4.74 Å². The third-order valence-corrected chi connectivity index (χ3v) is 4.09. The van der Waals surface area contributed by atoms with E-state index in [4.69, 9.17) is 0 Å². The van der Waals surface area contributed by atoms with Crippen molar-refractivity contribution in [1.29, 1.82) is 0 Å². The van der Waals surface area contributed by atoms with Gasteiger partial charge in [0.05, 0.1) is 23.6 Å². The van der Waals surface area contributed by atoms with E-state index in [0.29, 0.717) is 0 Å². The number of carbonyl (C=O) groups excluding carboxylic acids is 2. The van der Waals surface area contributed by atoms with Crippen molar-refractivity contribution in [1.82, 2.24) is 5.32 Å². The van der Waals surface area contributed by atoms with Gasteiger partial charge in [-0.25, -0.2) is 4.79 Å². The number of non-ortho nitro benzene ring substituents is 1. The van der Waals surface area contributed by atoms with E-state index >= 15 is 0 Å². The zero-order valence-corrected chi connectivity index (χ0v) is 15.7. The molecule has 7 heteroatoms. The first kappa shape index (κ1) is 20.1. The summed E-state index contributed by atoms with van der Waals surface area (Å²) in [4.78, 5) is 35.1. The van der Waals surface area contributed by atoms with E-state index in [1.54, 1.807) is 0 Å². The standard InChI is InChI=1S/C20H22N2O5/c1-20(2,3)17(13-8-6-5-7-9-13)21-18(23)14-10-15(19(24)27-4)12-16(11-14)22(25)26/h5-12,17H,1-4H3,(H,21,23). The molecule has 0 spiro atoms. The highest BCUT2D eigenvalue weighted by molar-refractivity contribution is 5.99. The average Bonchev–Trinajstić information content (AvgIpc) is 2.64. The fourth-order valence-corrected chi connectivity index (χ4v) is 2.74. The van der Waals surface area contributed by atoms with Gasteiger partial charge in [-0.1, -0.05) is 51.1 Å². The summed E-state index contributed by atoms with van der Waals surface area (Å²) in [5.74, 6) is -1.25. The number of ether oxygens (including phenoxy) is 1. The molecular weight excluding hydrogens is 348 g/mol. The lowest BCUT2D eigenvalue weighted by molar-refractivity contribution is -0.384. The van der Waals surface area contributed by atoms with E-state index in [9.17, 15) is 19.7 Å². The van der Waals surface area contributed by atoms with Gasteiger partial charge in [0.1, 0.15) is 0 Å². The van der Waals surface area contributed by atoms with Crippen molar-refractivity contribution in [2.24, 2.45) is 5.41 Å². The summed E-state index contributed by atoms with van der Waals surface area (Å²) in [7, 11) is 1.17. The molecular formula is C20H22N2O5. The van der Waals surface area contributed by atoms with E-state index in [-0.39, 0.29) is 28.3 Å².